The summed E-state index contributed by atoms with van der Waals surface area (Å²) in [4.78, 5) is 17.6. The standard InChI is InChI=1S/C26H26BN2O3/c1-31-25-11-19(16-29-8-6-18(7-9-29)13-27-17-30)10-21-22(25)14-28-15-23(21)26-12-20-4-2-3-5-24(20)32-26/h2-5,10-12,14-15,17-18H,6-9,13,16H2,1H3. The molecule has 2 aromatic heterocycles. The molecule has 1 aliphatic rings. The van der Waals surface area contributed by atoms with Crippen molar-refractivity contribution in [2.24, 2.45) is 5.92 Å². The van der Waals surface area contributed by atoms with E-state index in [-0.39, 0.29) is 0 Å². The lowest BCUT2D eigenvalue weighted by Crippen LogP contribution is -2.33. The van der Waals surface area contributed by atoms with Gasteiger partial charge in [-0.05, 0) is 67.1 Å². The molecule has 32 heavy (non-hydrogen) atoms. The Morgan fingerprint density at radius 3 is 2.78 bits per heavy atom. The van der Waals surface area contributed by atoms with Crippen LogP contribution in [0.4, 0.5) is 0 Å². The third-order valence-corrected chi connectivity index (χ3v) is 6.49. The molecule has 0 amide bonds. The van der Waals surface area contributed by atoms with Crippen LogP contribution in [0.25, 0.3) is 33.1 Å². The molecule has 0 saturated carbocycles. The van der Waals surface area contributed by atoms with Gasteiger partial charge in [-0.1, -0.05) is 24.5 Å². The first-order valence-corrected chi connectivity index (χ1v) is 11.2. The van der Waals surface area contributed by atoms with E-state index < -0.39 is 0 Å². The summed E-state index contributed by atoms with van der Waals surface area (Å²) in [6.07, 6.45) is 7.81. The Balaban J connectivity index is 1.46. The zero-order valence-corrected chi connectivity index (χ0v) is 18.3. The lowest BCUT2D eigenvalue weighted by Gasteiger charge is -2.32. The zero-order chi connectivity index (χ0) is 21.9. The van der Waals surface area contributed by atoms with Gasteiger partial charge in [0.15, 0.2) is 7.28 Å². The van der Waals surface area contributed by atoms with Crippen LogP contribution in [0.15, 0.2) is 59.3 Å². The van der Waals surface area contributed by atoms with Crippen LogP contribution in [0.2, 0.25) is 6.32 Å². The molecule has 1 saturated heterocycles. The second kappa shape index (κ2) is 9.17. The summed E-state index contributed by atoms with van der Waals surface area (Å²) in [5.74, 6) is 2.27. The highest BCUT2D eigenvalue weighted by Crippen LogP contribution is 2.37. The quantitative estimate of drug-likeness (QED) is 0.302. The van der Waals surface area contributed by atoms with Gasteiger partial charge in [0.05, 0.1) is 13.3 Å². The van der Waals surface area contributed by atoms with E-state index in [0.717, 1.165) is 83.8 Å². The van der Waals surface area contributed by atoms with Crippen LogP contribution in [0.1, 0.15) is 18.4 Å². The number of ether oxygens (including phenoxy) is 1. The number of rotatable bonds is 7. The molecule has 0 bridgehead atoms. The number of nitrogens with zero attached hydrogens (tertiary/aromatic N) is 2. The smallest absolute Gasteiger partial charge is 0.197 e. The SMILES string of the molecule is COc1cc(CN2CCC(C[B]C=O)CC2)cc2c(-c3cc4ccccc4o3)cncc12. The number of hydrogen-bond acceptors (Lipinski definition) is 5. The molecule has 0 aliphatic carbocycles. The minimum atomic E-state index is 0.619. The van der Waals surface area contributed by atoms with Gasteiger partial charge in [-0.3, -0.25) is 9.88 Å². The number of carbonyl (C=O) groups is 1. The number of furan rings is 1. The van der Waals surface area contributed by atoms with E-state index in [4.69, 9.17) is 9.15 Å². The number of fused-ring (bicyclic) bond motifs is 2. The maximum absolute atomic E-state index is 10.6. The van der Waals surface area contributed by atoms with Crippen molar-refractivity contribution < 1.29 is 13.9 Å². The Hall–Kier alpha value is -3.12. The molecule has 4 aromatic rings. The summed E-state index contributed by atoms with van der Waals surface area (Å²) < 4.78 is 11.9. The average Bonchev–Trinajstić information content (AvgIpc) is 3.27. The number of aromatic nitrogens is 1. The Labute approximate surface area is 188 Å². The van der Waals surface area contributed by atoms with Crippen molar-refractivity contribution in [1.82, 2.24) is 9.88 Å². The molecule has 1 radical (unpaired) electrons. The Kier molecular flexibility index (Phi) is 5.95. The van der Waals surface area contributed by atoms with E-state index in [0.29, 0.717) is 5.92 Å². The molecule has 5 rings (SSSR count). The third kappa shape index (κ3) is 4.15. The van der Waals surface area contributed by atoms with Crippen LogP contribution >= 0.6 is 0 Å². The van der Waals surface area contributed by atoms with Gasteiger partial charge in [0.2, 0.25) is 0 Å². The van der Waals surface area contributed by atoms with Gasteiger partial charge < -0.3 is 13.9 Å². The molecule has 0 atom stereocenters. The third-order valence-electron chi connectivity index (χ3n) is 6.49. The van der Waals surface area contributed by atoms with E-state index in [1.807, 2.05) is 30.6 Å². The molecule has 3 heterocycles. The van der Waals surface area contributed by atoms with E-state index in [9.17, 15) is 4.79 Å². The molecule has 161 valence electrons. The Bertz CT molecular complexity index is 1210. The maximum Gasteiger partial charge on any atom is 0.197 e. The number of likely N-dealkylation sites (tertiary alicyclic amines) is 1. The van der Waals surface area contributed by atoms with Crippen LogP contribution in [-0.2, 0) is 11.3 Å². The summed E-state index contributed by atoms with van der Waals surface area (Å²) in [5.41, 5.74) is 3.06. The van der Waals surface area contributed by atoms with Gasteiger partial charge in [0.25, 0.3) is 0 Å². The van der Waals surface area contributed by atoms with Crippen molar-refractivity contribution in [3.63, 3.8) is 0 Å². The second-order valence-corrected chi connectivity index (χ2v) is 8.56. The van der Waals surface area contributed by atoms with Crippen molar-refractivity contribution in [2.75, 3.05) is 20.2 Å². The van der Waals surface area contributed by atoms with Gasteiger partial charge in [0.1, 0.15) is 17.1 Å². The normalized spacial score (nSPS) is 15.3. The summed E-state index contributed by atoms with van der Waals surface area (Å²) >= 11 is 0. The highest BCUT2D eigenvalue weighted by Gasteiger charge is 2.20. The molecule has 5 nitrogen and oxygen atoms in total. The van der Waals surface area contributed by atoms with Crippen molar-refractivity contribution in [1.29, 1.82) is 0 Å². The summed E-state index contributed by atoms with van der Waals surface area (Å²) in [7, 11) is 3.46. The lowest BCUT2D eigenvalue weighted by atomic mass is 9.69. The molecular weight excluding hydrogens is 399 g/mol. The fourth-order valence-electron chi connectivity index (χ4n) is 4.75. The molecule has 1 fully saturated rings. The molecule has 1 aliphatic heterocycles. The number of methoxy groups -OCH3 is 1. The summed E-state index contributed by atoms with van der Waals surface area (Å²) in [6, 6.07) is 14.5. The van der Waals surface area contributed by atoms with Crippen LogP contribution in [0.5, 0.6) is 5.75 Å². The molecule has 0 unspecified atom stereocenters. The largest absolute Gasteiger partial charge is 0.496 e. The minimum Gasteiger partial charge on any atom is -0.496 e. The molecule has 6 heteroatoms. The first-order valence-electron chi connectivity index (χ1n) is 11.2. The number of hydrogen-bond donors (Lipinski definition) is 0. The Morgan fingerprint density at radius 1 is 1.16 bits per heavy atom. The fraction of sp³-hybridized carbons (Fsp3) is 0.308. The van der Waals surface area contributed by atoms with Crippen LogP contribution < -0.4 is 4.74 Å². The zero-order valence-electron chi connectivity index (χ0n) is 18.3. The van der Waals surface area contributed by atoms with E-state index >= 15 is 0 Å². The second-order valence-electron chi connectivity index (χ2n) is 8.56. The highest BCUT2D eigenvalue weighted by atomic mass is 16.5. The monoisotopic (exact) mass is 425 g/mol. The van der Waals surface area contributed by atoms with E-state index in [1.165, 1.54) is 5.56 Å². The first-order chi connectivity index (χ1) is 15.7. The van der Waals surface area contributed by atoms with Gasteiger partial charge in [-0.25, -0.2) is 0 Å². The average molecular weight is 425 g/mol. The van der Waals surface area contributed by atoms with Crippen molar-refractivity contribution in [3.05, 3.63) is 60.4 Å². The highest BCUT2D eigenvalue weighted by molar-refractivity contribution is 6.66. The number of pyridine rings is 1. The van der Waals surface area contributed by atoms with E-state index in [1.54, 1.807) is 14.4 Å². The van der Waals surface area contributed by atoms with E-state index in [2.05, 4.69) is 34.1 Å². The predicted molar refractivity (Wildman–Crippen MR) is 129 cm³/mol. The summed E-state index contributed by atoms with van der Waals surface area (Å²) in [5, 5.41) is 3.15. The summed E-state index contributed by atoms with van der Waals surface area (Å²) in [6.45, 7) is 2.97. The van der Waals surface area contributed by atoms with Crippen molar-refractivity contribution in [2.45, 2.75) is 25.7 Å². The Morgan fingerprint density at radius 2 is 2.00 bits per heavy atom. The van der Waals surface area contributed by atoms with Crippen LogP contribution in [0, 0.1) is 5.92 Å². The number of para-hydroxylation sites is 1. The predicted octanol–water partition coefficient (Wildman–Crippen LogP) is 5.18. The number of benzene rings is 2. The fourth-order valence-corrected chi connectivity index (χ4v) is 4.75. The topological polar surface area (TPSA) is 55.6 Å². The minimum absolute atomic E-state index is 0.619. The first kappa shape index (κ1) is 20.8. The maximum atomic E-state index is 10.6. The lowest BCUT2D eigenvalue weighted by molar-refractivity contribution is 0.185. The van der Waals surface area contributed by atoms with Crippen LogP contribution in [0.3, 0.4) is 0 Å². The van der Waals surface area contributed by atoms with Gasteiger partial charge in [-0.15, -0.1) is 0 Å². The van der Waals surface area contributed by atoms with Crippen LogP contribution in [-0.4, -0.2) is 43.5 Å². The van der Waals surface area contributed by atoms with Gasteiger partial charge in [0, 0.05) is 35.3 Å². The molecule has 0 N–H and O–H groups in total. The van der Waals surface area contributed by atoms with Gasteiger partial charge >= 0.3 is 0 Å². The number of piperidine rings is 1. The number of carbonyl (C=O) groups excluding carboxylic acids is 1. The van der Waals surface area contributed by atoms with Crippen molar-refractivity contribution in [3.8, 4) is 17.1 Å². The van der Waals surface area contributed by atoms with Gasteiger partial charge in [-0.2, -0.15) is 0 Å². The molecular formula is C26H26BN2O3. The molecule has 0 spiro atoms. The van der Waals surface area contributed by atoms with Crippen molar-refractivity contribution >= 4 is 35.2 Å². The molecule has 2 aromatic carbocycles.